The number of urea groups is 2. The lowest BCUT2D eigenvalue weighted by Crippen LogP contribution is -2.72. The third-order valence-electron chi connectivity index (χ3n) is 4.99. The summed E-state index contributed by atoms with van der Waals surface area (Å²) in [6, 6.07) is 7.03. The van der Waals surface area contributed by atoms with E-state index in [-0.39, 0.29) is 48.8 Å². The number of likely N-dealkylation sites (tertiary alicyclic amines) is 1. The van der Waals surface area contributed by atoms with Gasteiger partial charge in [-0.2, -0.15) is 0 Å². The molecule has 3 atom stereocenters. The smallest absolute Gasteiger partial charge is 0.322 e. The Morgan fingerprint density at radius 2 is 1.73 bits per heavy atom. The van der Waals surface area contributed by atoms with Crippen LogP contribution in [0.25, 0.3) is 0 Å². The van der Waals surface area contributed by atoms with Crippen molar-refractivity contribution in [3.63, 3.8) is 0 Å². The first-order chi connectivity index (χ1) is 12.3. The number of benzene rings is 1. The second-order valence-corrected chi connectivity index (χ2v) is 7.63. The minimum absolute atomic E-state index is 0.0112. The third-order valence-corrected chi connectivity index (χ3v) is 4.99. The second kappa shape index (κ2) is 7.15. The summed E-state index contributed by atoms with van der Waals surface area (Å²) in [4.78, 5) is 28.7. The van der Waals surface area contributed by atoms with Crippen molar-refractivity contribution in [2.24, 2.45) is 0 Å². The Morgan fingerprint density at radius 1 is 1.12 bits per heavy atom. The number of rotatable bonds is 3. The van der Waals surface area contributed by atoms with Crippen LogP contribution in [0.5, 0.6) is 0 Å². The van der Waals surface area contributed by atoms with Gasteiger partial charge in [0.25, 0.3) is 0 Å². The van der Waals surface area contributed by atoms with Gasteiger partial charge in [-0.1, -0.05) is 18.2 Å². The summed E-state index contributed by atoms with van der Waals surface area (Å²) in [7, 11) is 0. The molecule has 7 nitrogen and oxygen atoms in total. The summed E-state index contributed by atoms with van der Waals surface area (Å²) < 4.78 is 0. The van der Waals surface area contributed by atoms with E-state index in [1.54, 1.807) is 9.80 Å². The molecule has 0 unspecified atom stereocenters. The van der Waals surface area contributed by atoms with E-state index >= 15 is 0 Å². The standard InChI is InChI=1S/C19H28N4O3/c1-11(2)20-18(25)22-9-15-17(13-7-5-6-8-14(13)22)16(10-24)23(15)19(26)21-12(3)4/h5-8,11-12,15-17,24H,9-10H2,1-4H3,(H,20,25)(H,21,26)/t15-,16-,17+/m0/s1. The molecule has 2 heterocycles. The Hall–Kier alpha value is -2.28. The van der Waals surface area contributed by atoms with E-state index in [4.69, 9.17) is 0 Å². The lowest BCUT2D eigenvalue weighted by molar-refractivity contribution is -0.00755. The van der Waals surface area contributed by atoms with Crippen molar-refractivity contribution in [2.75, 3.05) is 18.1 Å². The summed E-state index contributed by atoms with van der Waals surface area (Å²) >= 11 is 0. The van der Waals surface area contributed by atoms with Gasteiger partial charge < -0.3 is 20.6 Å². The Bertz CT molecular complexity index is 691. The predicted octanol–water partition coefficient (Wildman–Crippen LogP) is 1.87. The average Bonchev–Trinajstić information content (AvgIpc) is 2.53. The van der Waals surface area contributed by atoms with Crippen LogP contribution in [0.4, 0.5) is 15.3 Å². The van der Waals surface area contributed by atoms with Crippen LogP contribution in [-0.2, 0) is 0 Å². The van der Waals surface area contributed by atoms with Gasteiger partial charge >= 0.3 is 12.1 Å². The van der Waals surface area contributed by atoms with Crippen molar-refractivity contribution in [3.05, 3.63) is 29.8 Å². The number of fused-ring (bicyclic) bond motifs is 3. The van der Waals surface area contributed by atoms with Crippen LogP contribution >= 0.6 is 0 Å². The topological polar surface area (TPSA) is 84.9 Å². The normalized spacial score (nSPS) is 24.0. The van der Waals surface area contributed by atoms with Gasteiger partial charge in [0.2, 0.25) is 0 Å². The van der Waals surface area contributed by atoms with Crippen molar-refractivity contribution >= 4 is 17.7 Å². The molecule has 1 fully saturated rings. The van der Waals surface area contributed by atoms with E-state index < -0.39 is 0 Å². The summed E-state index contributed by atoms with van der Waals surface area (Å²) in [5.41, 5.74) is 1.87. The van der Waals surface area contributed by atoms with E-state index in [9.17, 15) is 14.7 Å². The highest BCUT2D eigenvalue weighted by Gasteiger charge is 2.55. The summed E-state index contributed by atoms with van der Waals surface area (Å²) in [6.07, 6.45) is 0. The molecule has 0 spiro atoms. The molecule has 0 aromatic heterocycles. The number of carbonyl (C=O) groups is 2. The number of amides is 4. The first-order valence-corrected chi connectivity index (χ1v) is 9.21. The molecule has 26 heavy (non-hydrogen) atoms. The average molecular weight is 360 g/mol. The molecular weight excluding hydrogens is 332 g/mol. The maximum Gasteiger partial charge on any atom is 0.322 e. The summed E-state index contributed by atoms with van der Waals surface area (Å²) in [5, 5.41) is 15.7. The minimum atomic E-state index is -0.268. The second-order valence-electron chi connectivity index (χ2n) is 7.63. The molecule has 2 aliphatic heterocycles. The molecule has 0 radical (unpaired) electrons. The Balaban J connectivity index is 1.93. The van der Waals surface area contributed by atoms with Crippen LogP contribution in [0.15, 0.2) is 24.3 Å². The fourth-order valence-corrected chi connectivity index (χ4v) is 4.01. The van der Waals surface area contributed by atoms with Gasteiger partial charge in [-0.15, -0.1) is 0 Å². The van der Waals surface area contributed by atoms with Gasteiger partial charge in [0.05, 0.1) is 18.7 Å². The zero-order valence-electron chi connectivity index (χ0n) is 15.8. The molecule has 1 aromatic rings. The Kier molecular flexibility index (Phi) is 5.09. The fourth-order valence-electron chi connectivity index (χ4n) is 4.01. The highest BCUT2D eigenvalue weighted by molar-refractivity contribution is 5.94. The Labute approximate surface area is 154 Å². The zero-order valence-corrected chi connectivity index (χ0v) is 15.8. The van der Waals surface area contributed by atoms with Crippen LogP contribution < -0.4 is 15.5 Å². The molecule has 4 amide bonds. The van der Waals surface area contributed by atoms with Crippen LogP contribution in [0, 0.1) is 0 Å². The van der Waals surface area contributed by atoms with Crippen LogP contribution in [0.1, 0.15) is 39.2 Å². The highest BCUT2D eigenvalue weighted by Crippen LogP contribution is 2.48. The first-order valence-electron chi connectivity index (χ1n) is 9.21. The van der Waals surface area contributed by atoms with E-state index in [0.717, 1.165) is 11.3 Å². The molecule has 0 bridgehead atoms. The number of aliphatic hydroxyl groups excluding tert-OH is 1. The van der Waals surface area contributed by atoms with Gasteiger partial charge in [0.15, 0.2) is 0 Å². The van der Waals surface area contributed by atoms with Crippen molar-refractivity contribution < 1.29 is 14.7 Å². The number of nitrogens with zero attached hydrogens (tertiary/aromatic N) is 2. The molecule has 3 rings (SSSR count). The molecular formula is C19H28N4O3. The zero-order chi connectivity index (χ0) is 19.0. The lowest BCUT2D eigenvalue weighted by atomic mass is 9.72. The third kappa shape index (κ3) is 3.11. The molecule has 1 aromatic carbocycles. The van der Waals surface area contributed by atoms with Gasteiger partial charge in [-0.05, 0) is 39.3 Å². The number of nitrogens with one attached hydrogen (secondary N) is 2. The van der Waals surface area contributed by atoms with Crippen molar-refractivity contribution in [1.82, 2.24) is 15.5 Å². The molecule has 0 saturated carbocycles. The van der Waals surface area contributed by atoms with E-state index in [0.29, 0.717) is 6.54 Å². The van der Waals surface area contributed by atoms with Gasteiger partial charge in [0.1, 0.15) is 0 Å². The number of hydrogen-bond donors (Lipinski definition) is 3. The monoisotopic (exact) mass is 360 g/mol. The number of anilines is 1. The molecule has 0 aliphatic carbocycles. The predicted molar refractivity (Wildman–Crippen MR) is 100 cm³/mol. The quantitative estimate of drug-likeness (QED) is 0.769. The number of aliphatic hydroxyl groups is 1. The first kappa shape index (κ1) is 18.5. The van der Waals surface area contributed by atoms with E-state index in [2.05, 4.69) is 10.6 Å². The number of carbonyl (C=O) groups excluding carboxylic acids is 2. The molecule has 142 valence electrons. The maximum atomic E-state index is 12.7. The SMILES string of the molecule is CC(C)NC(=O)N1C[C@H]2[C@@H](c3ccccc31)[C@H](CO)N2C(=O)NC(C)C. The lowest BCUT2D eigenvalue weighted by Gasteiger charge is -2.58. The largest absolute Gasteiger partial charge is 0.394 e. The molecule has 1 saturated heterocycles. The van der Waals surface area contributed by atoms with Crippen molar-refractivity contribution in [2.45, 2.75) is 57.8 Å². The van der Waals surface area contributed by atoms with Gasteiger partial charge in [0, 0.05) is 30.2 Å². The molecule has 7 heteroatoms. The molecule has 2 aliphatic rings. The van der Waals surface area contributed by atoms with Crippen LogP contribution in [0.2, 0.25) is 0 Å². The van der Waals surface area contributed by atoms with Crippen LogP contribution in [-0.4, -0.2) is 59.4 Å². The Morgan fingerprint density at radius 3 is 2.35 bits per heavy atom. The van der Waals surface area contributed by atoms with Crippen molar-refractivity contribution in [3.8, 4) is 0 Å². The fraction of sp³-hybridized carbons (Fsp3) is 0.579. The van der Waals surface area contributed by atoms with E-state index in [1.165, 1.54) is 0 Å². The minimum Gasteiger partial charge on any atom is -0.394 e. The van der Waals surface area contributed by atoms with E-state index in [1.807, 2.05) is 52.0 Å². The highest BCUT2D eigenvalue weighted by atomic mass is 16.3. The van der Waals surface area contributed by atoms with Gasteiger partial charge in [-0.3, -0.25) is 4.90 Å². The number of para-hydroxylation sites is 1. The van der Waals surface area contributed by atoms with Crippen LogP contribution in [0.3, 0.4) is 0 Å². The summed E-state index contributed by atoms with van der Waals surface area (Å²) in [5.74, 6) is 0.0391. The summed E-state index contributed by atoms with van der Waals surface area (Å²) in [6.45, 7) is 7.97. The van der Waals surface area contributed by atoms with Crippen molar-refractivity contribution in [1.29, 1.82) is 0 Å². The number of hydrogen-bond acceptors (Lipinski definition) is 3. The van der Waals surface area contributed by atoms with Gasteiger partial charge in [-0.25, -0.2) is 9.59 Å². The molecule has 3 N–H and O–H groups in total. The maximum absolute atomic E-state index is 12.7.